The molecule has 0 heterocycles. The number of carbonyl (C=O) groups is 2. The lowest BCUT2D eigenvalue weighted by Gasteiger charge is -2.15. The van der Waals surface area contributed by atoms with Crippen molar-refractivity contribution in [2.75, 3.05) is 14.2 Å². The molecule has 2 rings (SSSR count). The maximum absolute atomic E-state index is 12.1. The van der Waals surface area contributed by atoms with Crippen molar-refractivity contribution in [3.8, 4) is 17.2 Å². The molecule has 1 atom stereocenters. The largest absolute Gasteiger partial charge is 0.497 e. The van der Waals surface area contributed by atoms with Crippen LogP contribution in [-0.2, 0) is 4.79 Å². The Kier molecular flexibility index (Phi) is 6.85. The van der Waals surface area contributed by atoms with Crippen molar-refractivity contribution < 1.29 is 23.8 Å². The second-order valence-electron chi connectivity index (χ2n) is 5.23. The van der Waals surface area contributed by atoms with E-state index in [4.69, 9.17) is 14.2 Å². The molecule has 2 N–H and O–H groups in total. The van der Waals surface area contributed by atoms with E-state index in [2.05, 4.69) is 26.8 Å². The Morgan fingerprint density at radius 1 is 0.962 bits per heavy atom. The molecule has 8 heteroatoms. The van der Waals surface area contributed by atoms with Crippen LogP contribution >= 0.6 is 15.9 Å². The summed E-state index contributed by atoms with van der Waals surface area (Å²) in [5.74, 6) is 0.860. The van der Waals surface area contributed by atoms with Gasteiger partial charge in [0.2, 0.25) is 0 Å². The summed E-state index contributed by atoms with van der Waals surface area (Å²) in [4.78, 5) is 24.2. The summed E-state index contributed by atoms with van der Waals surface area (Å²) in [5, 5.41) is 0. The van der Waals surface area contributed by atoms with E-state index in [0.29, 0.717) is 27.3 Å². The lowest BCUT2D eigenvalue weighted by Crippen LogP contribution is -2.47. The van der Waals surface area contributed by atoms with Crippen molar-refractivity contribution in [3.63, 3.8) is 0 Å². The molecule has 2 aromatic carbocycles. The fourth-order valence-corrected chi connectivity index (χ4v) is 2.55. The summed E-state index contributed by atoms with van der Waals surface area (Å²) in [6, 6.07) is 11.7. The molecule has 0 saturated heterocycles. The van der Waals surface area contributed by atoms with Gasteiger partial charge < -0.3 is 14.2 Å². The van der Waals surface area contributed by atoms with Crippen molar-refractivity contribution >= 4 is 27.7 Å². The molecule has 0 aliphatic heterocycles. The smallest absolute Gasteiger partial charge is 0.279 e. The van der Waals surface area contributed by atoms with Crippen molar-refractivity contribution in [1.82, 2.24) is 10.9 Å². The zero-order valence-corrected chi connectivity index (χ0v) is 16.1. The number of hydrazine groups is 1. The molecule has 2 aromatic rings. The standard InChI is InChI=1S/C18H19BrN2O5/c1-11(26-14-7-5-13(24-2)6-8-14)17(22)20-21-18(23)12-4-9-16(25-3)15(19)10-12/h4-11H,1-3H3,(H,20,22)(H,21,23). The van der Waals surface area contributed by atoms with Gasteiger partial charge in [-0.1, -0.05) is 0 Å². The van der Waals surface area contributed by atoms with E-state index in [9.17, 15) is 9.59 Å². The van der Waals surface area contributed by atoms with Gasteiger partial charge in [-0.05, 0) is 65.3 Å². The highest BCUT2D eigenvalue weighted by Crippen LogP contribution is 2.25. The topological polar surface area (TPSA) is 85.9 Å². The van der Waals surface area contributed by atoms with Crippen molar-refractivity contribution in [2.45, 2.75) is 13.0 Å². The number of hydrogen-bond acceptors (Lipinski definition) is 5. The number of nitrogens with one attached hydrogen (secondary N) is 2. The van der Waals surface area contributed by atoms with Gasteiger partial charge in [-0.2, -0.15) is 0 Å². The number of ether oxygens (including phenoxy) is 3. The molecule has 0 spiro atoms. The van der Waals surface area contributed by atoms with E-state index < -0.39 is 17.9 Å². The van der Waals surface area contributed by atoms with Crippen LogP contribution in [0.4, 0.5) is 0 Å². The highest BCUT2D eigenvalue weighted by molar-refractivity contribution is 9.10. The number of hydrogen-bond donors (Lipinski definition) is 2. The van der Waals surface area contributed by atoms with Crippen LogP contribution in [0.1, 0.15) is 17.3 Å². The average molecular weight is 423 g/mol. The van der Waals surface area contributed by atoms with Gasteiger partial charge in [-0.25, -0.2) is 0 Å². The van der Waals surface area contributed by atoms with Gasteiger partial charge in [0.25, 0.3) is 11.8 Å². The van der Waals surface area contributed by atoms with Gasteiger partial charge in [-0.15, -0.1) is 0 Å². The van der Waals surface area contributed by atoms with E-state index >= 15 is 0 Å². The van der Waals surface area contributed by atoms with Crippen molar-refractivity contribution in [1.29, 1.82) is 0 Å². The minimum absolute atomic E-state index is 0.363. The monoisotopic (exact) mass is 422 g/mol. The fraction of sp³-hybridized carbons (Fsp3) is 0.222. The first-order chi connectivity index (χ1) is 12.4. The maximum atomic E-state index is 12.1. The average Bonchev–Trinajstić information content (AvgIpc) is 2.66. The summed E-state index contributed by atoms with van der Waals surface area (Å²) >= 11 is 3.30. The number of halogens is 1. The Balaban J connectivity index is 1.88. The number of methoxy groups -OCH3 is 2. The maximum Gasteiger partial charge on any atom is 0.279 e. The minimum Gasteiger partial charge on any atom is -0.497 e. The summed E-state index contributed by atoms with van der Waals surface area (Å²) in [6.07, 6.45) is -0.800. The normalized spacial score (nSPS) is 11.2. The molecule has 0 aliphatic rings. The second-order valence-corrected chi connectivity index (χ2v) is 6.08. The molecule has 1 unspecified atom stereocenters. The summed E-state index contributed by atoms with van der Waals surface area (Å²) in [7, 11) is 3.10. The van der Waals surface area contributed by atoms with Crippen LogP contribution in [0.5, 0.6) is 17.2 Å². The molecule has 2 amide bonds. The first-order valence-corrected chi connectivity index (χ1v) is 8.48. The fourth-order valence-electron chi connectivity index (χ4n) is 2.01. The third-order valence-electron chi connectivity index (χ3n) is 3.45. The van der Waals surface area contributed by atoms with Crippen LogP contribution in [0.15, 0.2) is 46.9 Å². The first-order valence-electron chi connectivity index (χ1n) is 7.69. The Labute approximate surface area is 159 Å². The molecule has 0 bridgehead atoms. The first kappa shape index (κ1) is 19.6. The third kappa shape index (κ3) is 5.13. The molecule has 0 aliphatic carbocycles. The van der Waals surface area contributed by atoms with E-state index in [0.717, 1.165) is 0 Å². The van der Waals surface area contributed by atoms with E-state index in [1.54, 1.807) is 56.5 Å². The highest BCUT2D eigenvalue weighted by Gasteiger charge is 2.16. The van der Waals surface area contributed by atoms with Gasteiger partial charge in [-0.3, -0.25) is 20.4 Å². The zero-order valence-electron chi connectivity index (χ0n) is 14.5. The second kappa shape index (κ2) is 9.10. The van der Waals surface area contributed by atoms with Gasteiger partial charge in [0.1, 0.15) is 17.2 Å². The third-order valence-corrected chi connectivity index (χ3v) is 4.07. The van der Waals surface area contributed by atoms with Crippen molar-refractivity contribution in [3.05, 3.63) is 52.5 Å². The summed E-state index contributed by atoms with van der Waals surface area (Å²) in [5.41, 5.74) is 5.05. The van der Waals surface area contributed by atoms with Gasteiger partial charge in [0.05, 0.1) is 18.7 Å². The van der Waals surface area contributed by atoms with Crippen LogP contribution in [0.25, 0.3) is 0 Å². The predicted molar refractivity (Wildman–Crippen MR) is 99.4 cm³/mol. The Morgan fingerprint density at radius 3 is 2.19 bits per heavy atom. The number of rotatable bonds is 6. The number of carbonyl (C=O) groups excluding carboxylic acids is 2. The Bertz CT molecular complexity index is 780. The Hall–Kier alpha value is -2.74. The highest BCUT2D eigenvalue weighted by atomic mass is 79.9. The van der Waals surface area contributed by atoms with Crippen LogP contribution in [0, 0.1) is 0 Å². The SMILES string of the molecule is COc1ccc(OC(C)C(=O)NNC(=O)c2ccc(OC)c(Br)c2)cc1. The zero-order chi connectivity index (χ0) is 19.1. The van der Waals surface area contributed by atoms with Crippen LogP contribution in [0.3, 0.4) is 0 Å². The van der Waals surface area contributed by atoms with Gasteiger partial charge in [0, 0.05) is 5.56 Å². The van der Waals surface area contributed by atoms with Gasteiger partial charge >= 0.3 is 0 Å². The predicted octanol–water partition coefficient (Wildman–Crippen LogP) is 2.69. The van der Waals surface area contributed by atoms with E-state index in [1.165, 1.54) is 7.11 Å². The van der Waals surface area contributed by atoms with Crippen LogP contribution in [-0.4, -0.2) is 32.1 Å². The molecule has 0 fully saturated rings. The molecule has 0 radical (unpaired) electrons. The molecular weight excluding hydrogens is 404 g/mol. The Morgan fingerprint density at radius 2 is 1.62 bits per heavy atom. The molecule has 138 valence electrons. The minimum atomic E-state index is -0.800. The molecule has 0 saturated carbocycles. The van der Waals surface area contributed by atoms with Crippen LogP contribution < -0.4 is 25.1 Å². The van der Waals surface area contributed by atoms with E-state index in [1.807, 2.05) is 0 Å². The van der Waals surface area contributed by atoms with Gasteiger partial charge in [0.15, 0.2) is 6.10 Å². The summed E-state index contributed by atoms with van der Waals surface area (Å²) < 4.78 is 16.3. The number of benzene rings is 2. The quantitative estimate of drug-likeness (QED) is 0.698. The molecule has 7 nitrogen and oxygen atoms in total. The lowest BCUT2D eigenvalue weighted by atomic mass is 10.2. The lowest BCUT2D eigenvalue weighted by molar-refractivity contribution is -0.128. The molecular formula is C18H19BrN2O5. The summed E-state index contributed by atoms with van der Waals surface area (Å²) in [6.45, 7) is 1.58. The van der Waals surface area contributed by atoms with E-state index in [-0.39, 0.29) is 0 Å². The molecule has 0 aromatic heterocycles. The molecule has 26 heavy (non-hydrogen) atoms. The van der Waals surface area contributed by atoms with Crippen LogP contribution in [0.2, 0.25) is 0 Å². The number of amides is 2. The van der Waals surface area contributed by atoms with Crippen molar-refractivity contribution in [2.24, 2.45) is 0 Å².